The fraction of sp³-hybridized carbons (Fsp3) is 0.107. The second kappa shape index (κ2) is 9.05. The number of carbonyl (C=O) groups excluding carboxylic acids is 2. The zero-order valence-corrected chi connectivity index (χ0v) is 20.9. The second-order valence-corrected chi connectivity index (χ2v) is 10.8. The van der Waals surface area contributed by atoms with Gasteiger partial charge in [-0.15, -0.1) is 0 Å². The largest absolute Gasteiger partial charge is 0.334 e. The van der Waals surface area contributed by atoms with E-state index in [2.05, 4.69) is 9.71 Å². The Hall–Kier alpha value is -4.51. The Balaban J connectivity index is 1.28. The zero-order chi connectivity index (χ0) is 27.5. The molecule has 6 rings (SSSR count). The predicted octanol–water partition coefficient (Wildman–Crippen LogP) is 4.71. The monoisotopic (exact) mass is 549 g/mol. The number of rotatable bonds is 4. The smallest absolute Gasteiger partial charge is 0.264 e. The molecule has 7 nitrogen and oxygen atoms in total. The molecule has 0 unspecified atom stereocenters. The number of ketones is 1. The first-order chi connectivity index (χ1) is 18.7. The summed E-state index contributed by atoms with van der Waals surface area (Å²) in [6.07, 6.45) is 1.63. The van der Waals surface area contributed by atoms with Gasteiger partial charge in [-0.1, -0.05) is 36.4 Å². The minimum atomic E-state index is -4.61. The Morgan fingerprint density at radius 3 is 2.46 bits per heavy atom. The van der Waals surface area contributed by atoms with E-state index >= 15 is 0 Å². The molecule has 0 saturated heterocycles. The van der Waals surface area contributed by atoms with Gasteiger partial charge in [-0.3, -0.25) is 19.3 Å². The van der Waals surface area contributed by atoms with Gasteiger partial charge in [0, 0.05) is 47.5 Å². The van der Waals surface area contributed by atoms with E-state index in [9.17, 15) is 31.2 Å². The van der Waals surface area contributed by atoms with E-state index in [1.54, 1.807) is 47.4 Å². The average Bonchev–Trinajstić information content (AvgIpc) is 3.22. The number of amides is 1. The number of fused-ring (bicyclic) bond motifs is 4. The summed E-state index contributed by atoms with van der Waals surface area (Å²) < 4.78 is 68.5. The lowest BCUT2D eigenvalue weighted by Crippen LogP contribution is -2.36. The van der Waals surface area contributed by atoms with Crippen molar-refractivity contribution in [2.75, 3.05) is 11.3 Å². The van der Waals surface area contributed by atoms with E-state index in [-0.39, 0.29) is 23.9 Å². The van der Waals surface area contributed by atoms with Crippen LogP contribution in [0.1, 0.15) is 37.5 Å². The molecule has 1 aliphatic heterocycles. The van der Waals surface area contributed by atoms with Gasteiger partial charge < -0.3 is 4.90 Å². The molecule has 0 radical (unpaired) electrons. The highest BCUT2D eigenvalue weighted by atomic mass is 32.2. The fourth-order valence-electron chi connectivity index (χ4n) is 5.01. The number of hydrogen-bond acceptors (Lipinski definition) is 5. The Morgan fingerprint density at radius 2 is 1.67 bits per heavy atom. The van der Waals surface area contributed by atoms with Crippen molar-refractivity contribution in [3.05, 3.63) is 112 Å². The molecular formula is C28H18F3N3O4S. The van der Waals surface area contributed by atoms with Crippen molar-refractivity contribution in [3.8, 4) is 11.1 Å². The molecule has 0 fully saturated rings. The number of nitrogens with zero attached hydrogens (tertiary/aromatic N) is 2. The highest BCUT2D eigenvalue weighted by Crippen LogP contribution is 2.39. The van der Waals surface area contributed by atoms with E-state index in [1.165, 1.54) is 12.3 Å². The van der Waals surface area contributed by atoms with Crippen LogP contribution >= 0.6 is 0 Å². The Bertz CT molecular complexity index is 1830. The van der Waals surface area contributed by atoms with Crippen LogP contribution in [0.5, 0.6) is 0 Å². The third-order valence-corrected chi connectivity index (χ3v) is 8.25. The lowest BCUT2D eigenvalue weighted by Gasteiger charge is -2.29. The van der Waals surface area contributed by atoms with E-state index in [4.69, 9.17) is 0 Å². The van der Waals surface area contributed by atoms with Gasteiger partial charge in [0.05, 0.1) is 11.9 Å². The van der Waals surface area contributed by atoms with Gasteiger partial charge in [0.25, 0.3) is 15.9 Å². The first kappa shape index (κ1) is 24.8. The van der Waals surface area contributed by atoms with Crippen molar-refractivity contribution in [2.45, 2.75) is 17.9 Å². The molecule has 11 heteroatoms. The first-order valence-corrected chi connectivity index (χ1v) is 13.3. The Labute approximate surface area is 221 Å². The maximum absolute atomic E-state index is 14.1. The second-order valence-electron chi connectivity index (χ2n) is 9.19. The van der Waals surface area contributed by atoms with Crippen LogP contribution in [0.3, 0.4) is 0 Å². The van der Waals surface area contributed by atoms with Crippen LogP contribution in [0.4, 0.5) is 18.9 Å². The molecule has 2 aliphatic rings. The minimum absolute atomic E-state index is 0.0349. The summed E-state index contributed by atoms with van der Waals surface area (Å²) in [7, 11) is -4.61. The van der Waals surface area contributed by atoms with E-state index < -0.39 is 32.4 Å². The van der Waals surface area contributed by atoms with Gasteiger partial charge in [0.1, 0.15) is 4.90 Å². The quantitative estimate of drug-likeness (QED) is 0.328. The maximum atomic E-state index is 14.1. The van der Waals surface area contributed by atoms with Crippen LogP contribution in [0.25, 0.3) is 11.1 Å². The van der Waals surface area contributed by atoms with Gasteiger partial charge in [-0.25, -0.2) is 21.6 Å². The molecule has 0 atom stereocenters. The number of nitrogens with one attached hydrogen (secondary N) is 1. The van der Waals surface area contributed by atoms with Crippen LogP contribution in [0.2, 0.25) is 0 Å². The van der Waals surface area contributed by atoms with E-state index in [0.717, 1.165) is 0 Å². The molecule has 1 amide bonds. The van der Waals surface area contributed by atoms with Crippen LogP contribution in [0, 0.1) is 17.5 Å². The number of hydrogen-bond donors (Lipinski definition) is 1. The van der Waals surface area contributed by atoms with Crippen LogP contribution in [0.15, 0.2) is 71.8 Å². The fourth-order valence-corrected chi connectivity index (χ4v) is 6.11. The highest BCUT2D eigenvalue weighted by molar-refractivity contribution is 7.92. The molecule has 3 aromatic carbocycles. The molecule has 0 saturated carbocycles. The summed E-state index contributed by atoms with van der Waals surface area (Å²) in [5, 5.41) is 0. The molecule has 2 heterocycles. The molecule has 4 aromatic rings. The first-order valence-electron chi connectivity index (χ1n) is 11.9. The lowest BCUT2D eigenvalue weighted by atomic mass is 9.97. The number of pyridine rings is 1. The van der Waals surface area contributed by atoms with Crippen molar-refractivity contribution in [1.82, 2.24) is 9.88 Å². The topological polar surface area (TPSA) is 96.4 Å². The lowest BCUT2D eigenvalue weighted by molar-refractivity contribution is 0.0734. The Morgan fingerprint density at radius 1 is 0.923 bits per heavy atom. The summed E-state index contributed by atoms with van der Waals surface area (Å²) in [6, 6.07) is 14.8. The van der Waals surface area contributed by atoms with Crippen molar-refractivity contribution in [1.29, 1.82) is 0 Å². The predicted molar refractivity (Wildman–Crippen MR) is 135 cm³/mol. The molecule has 1 aliphatic carbocycles. The average molecular weight is 550 g/mol. The van der Waals surface area contributed by atoms with Crippen molar-refractivity contribution in [2.24, 2.45) is 0 Å². The number of benzene rings is 3. The molecule has 0 spiro atoms. The molecule has 39 heavy (non-hydrogen) atoms. The number of halogens is 3. The summed E-state index contributed by atoms with van der Waals surface area (Å²) >= 11 is 0. The normalized spacial score (nSPS) is 14.0. The zero-order valence-electron chi connectivity index (χ0n) is 20.0. The van der Waals surface area contributed by atoms with Gasteiger partial charge in [-0.05, 0) is 35.4 Å². The molecule has 1 N–H and O–H groups in total. The number of aromatic nitrogens is 1. The van der Waals surface area contributed by atoms with Crippen LogP contribution in [-0.4, -0.2) is 36.5 Å². The van der Waals surface area contributed by atoms with E-state index in [0.29, 0.717) is 64.2 Å². The summed E-state index contributed by atoms with van der Waals surface area (Å²) in [6.45, 7) is 0.457. The number of sulfonamides is 1. The molecule has 196 valence electrons. The van der Waals surface area contributed by atoms with Gasteiger partial charge >= 0.3 is 0 Å². The molecule has 1 aromatic heterocycles. The van der Waals surface area contributed by atoms with E-state index in [1.807, 2.05) is 0 Å². The molecular weight excluding hydrogens is 531 g/mol. The van der Waals surface area contributed by atoms with Crippen molar-refractivity contribution < 1.29 is 31.2 Å². The van der Waals surface area contributed by atoms with Crippen molar-refractivity contribution in [3.63, 3.8) is 0 Å². The highest BCUT2D eigenvalue weighted by Gasteiger charge is 2.33. The van der Waals surface area contributed by atoms with Gasteiger partial charge in [0.15, 0.2) is 23.2 Å². The standard InChI is InChI=1S/C28H18F3N3O4S/c29-21-8-9-23(26(31)25(21)30)39(37,38)33-16-12-15-14-34(11-10-22(15)32-13-16)28(36)20-7-3-6-19-24(20)17-4-1-2-5-18(17)27(19)35/h1-9,12-13,33H,10-11,14H2. The Kier molecular flexibility index (Phi) is 5.76. The van der Waals surface area contributed by atoms with Crippen LogP contribution < -0.4 is 4.72 Å². The third kappa shape index (κ3) is 4.06. The summed E-state index contributed by atoms with van der Waals surface area (Å²) in [4.78, 5) is 31.3. The number of carbonyl (C=O) groups is 2. The van der Waals surface area contributed by atoms with Crippen LogP contribution in [-0.2, 0) is 23.0 Å². The summed E-state index contributed by atoms with van der Waals surface area (Å²) in [5.74, 6) is -5.67. The summed E-state index contributed by atoms with van der Waals surface area (Å²) in [5.41, 5.74) is 3.84. The number of anilines is 1. The van der Waals surface area contributed by atoms with Crippen molar-refractivity contribution >= 4 is 27.4 Å². The SMILES string of the molecule is O=C1c2ccccc2-c2c1cccc2C(=O)N1CCc2ncc(NS(=O)(=O)c3ccc(F)c(F)c3F)cc2C1. The third-order valence-electron chi connectivity index (χ3n) is 6.85. The molecule has 0 bridgehead atoms. The maximum Gasteiger partial charge on any atom is 0.264 e. The minimum Gasteiger partial charge on any atom is -0.334 e. The van der Waals surface area contributed by atoms with Gasteiger partial charge in [0.2, 0.25) is 0 Å². The van der Waals surface area contributed by atoms with Gasteiger partial charge in [-0.2, -0.15) is 0 Å².